The fourth-order valence-electron chi connectivity index (χ4n) is 1.63. The van der Waals surface area contributed by atoms with Gasteiger partial charge in [-0.1, -0.05) is 23.7 Å². The van der Waals surface area contributed by atoms with Gasteiger partial charge in [0.15, 0.2) is 0 Å². The lowest BCUT2D eigenvalue weighted by Crippen LogP contribution is -2.42. The molecule has 19 heavy (non-hydrogen) atoms. The van der Waals surface area contributed by atoms with Gasteiger partial charge in [-0.2, -0.15) is 0 Å². The van der Waals surface area contributed by atoms with Gasteiger partial charge in [-0.15, -0.1) is 0 Å². The molecule has 6 heteroatoms. The second-order valence-electron chi connectivity index (χ2n) is 4.39. The quantitative estimate of drug-likeness (QED) is 0.777. The zero-order valence-electron chi connectivity index (χ0n) is 10.8. The Hall–Kier alpha value is -1.75. The number of nitrogens with one attached hydrogen (secondary N) is 2. The zero-order chi connectivity index (χ0) is 14.4. The van der Waals surface area contributed by atoms with Crippen LogP contribution in [0.25, 0.3) is 0 Å². The summed E-state index contributed by atoms with van der Waals surface area (Å²) >= 11 is 5.87. The Kier molecular flexibility index (Phi) is 5.63. The van der Waals surface area contributed by atoms with Crippen molar-refractivity contribution in [3.05, 3.63) is 34.9 Å². The van der Waals surface area contributed by atoms with E-state index in [0.717, 1.165) is 5.56 Å². The lowest BCUT2D eigenvalue weighted by atomic mass is 10.1. The molecule has 3 N–H and O–H groups in total. The van der Waals surface area contributed by atoms with E-state index in [0.29, 0.717) is 5.02 Å². The van der Waals surface area contributed by atoms with Gasteiger partial charge < -0.3 is 15.7 Å². The van der Waals surface area contributed by atoms with Crippen LogP contribution < -0.4 is 10.6 Å². The molecule has 2 atom stereocenters. The number of carbonyl (C=O) groups is 2. The largest absolute Gasteiger partial charge is 0.481 e. The molecule has 0 aliphatic heterocycles. The Bertz CT molecular complexity index is 465. The van der Waals surface area contributed by atoms with Crippen LogP contribution in [0.15, 0.2) is 24.3 Å². The van der Waals surface area contributed by atoms with E-state index in [9.17, 15) is 9.59 Å². The second-order valence-corrected chi connectivity index (χ2v) is 4.83. The summed E-state index contributed by atoms with van der Waals surface area (Å²) in [4.78, 5) is 22.1. The first kappa shape index (κ1) is 15.3. The number of carboxylic acid groups (broad SMARTS) is 1. The van der Waals surface area contributed by atoms with Gasteiger partial charge in [0.05, 0.1) is 12.5 Å². The van der Waals surface area contributed by atoms with Crippen LogP contribution in [-0.4, -0.2) is 23.1 Å². The monoisotopic (exact) mass is 284 g/mol. The van der Waals surface area contributed by atoms with Crippen molar-refractivity contribution in [2.45, 2.75) is 32.4 Å². The first-order valence-corrected chi connectivity index (χ1v) is 6.30. The molecule has 0 saturated heterocycles. The number of rotatable bonds is 5. The summed E-state index contributed by atoms with van der Waals surface area (Å²) in [7, 11) is 0. The molecule has 1 aromatic carbocycles. The molecule has 0 fully saturated rings. The molecular weight excluding hydrogens is 268 g/mol. The molecule has 0 saturated carbocycles. The van der Waals surface area contributed by atoms with E-state index in [4.69, 9.17) is 16.7 Å². The number of hydrogen-bond acceptors (Lipinski definition) is 2. The molecule has 1 rings (SSSR count). The van der Waals surface area contributed by atoms with Gasteiger partial charge in [0.2, 0.25) is 0 Å². The summed E-state index contributed by atoms with van der Waals surface area (Å²) in [6.07, 6.45) is -0.112. The number of halogens is 1. The molecule has 2 unspecified atom stereocenters. The van der Waals surface area contributed by atoms with Crippen molar-refractivity contribution in [3.8, 4) is 0 Å². The normalized spacial score (nSPS) is 13.4. The molecule has 1 aromatic rings. The van der Waals surface area contributed by atoms with E-state index >= 15 is 0 Å². The van der Waals surface area contributed by atoms with E-state index in [-0.39, 0.29) is 12.5 Å². The minimum Gasteiger partial charge on any atom is -0.481 e. The molecule has 5 nitrogen and oxygen atoms in total. The smallest absolute Gasteiger partial charge is 0.315 e. The van der Waals surface area contributed by atoms with Crippen LogP contribution >= 0.6 is 11.6 Å². The molecule has 0 heterocycles. The number of carboxylic acids is 1. The standard InChI is InChI=1S/C13H17ClN2O3/c1-8(6-12(17)18)15-13(19)16-9(2)10-4-3-5-11(14)7-10/h3-5,7-9H,6H2,1-2H3,(H,17,18)(H2,15,16,19). The number of hydrogen-bond donors (Lipinski definition) is 3. The van der Waals surface area contributed by atoms with Crippen molar-refractivity contribution in [3.63, 3.8) is 0 Å². The Morgan fingerprint density at radius 1 is 1.32 bits per heavy atom. The third-order valence-electron chi connectivity index (χ3n) is 2.55. The van der Waals surface area contributed by atoms with Gasteiger partial charge >= 0.3 is 12.0 Å². The fourth-order valence-corrected chi connectivity index (χ4v) is 1.83. The van der Waals surface area contributed by atoms with E-state index in [1.807, 2.05) is 13.0 Å². The molecule has 0 aliphatic carbocycles. The van der Waals surface area contributed by atoms with E-state index in [1.54, 1.807) is 25.1 Å². The molecular formula is C13H17ClN2O3. The van der Waals surface area contributed by atoms with Crippen LogP contribution in [0.2, 0.25) is 5.02 Å². The minimum atomic E-state index is -0.948. The molecule has 0 aromatic heterocycles. The van der Waals surface area contributed by atoms with Crippen LogP contribution in [0.4, 0.5) is 4.79 Å². The predicted molar refractivity (Wildman–Crippen MR) is 73.2 cm³/mol. The molecule has 0 bridgehead atoms. The highest BCUT2D eigenvalue weighted by molar-refractivity contribution is 6.30. The summed E-state index contributed by atoms with van der Waals surface area (Å²) in [5.74, 6) is -0.948. The Labute approximate surface area is 117 Å². The van der Waals surface area contributed by atoms with E-state index < -0.39 is 18.0 Å². The molecule has 104 valence electrons. The summed E-state index contributed by atoms with van der Waals surface area (Å²) in [5, 5.41) is 14.5. The van der Waals surface area contributed by atoms with Crippen molar-refractivity contribution in [2.24, 2.45) is 0 Å². The fraction of sp³-hybridized carbons (Fsp3) is 0.385. The number of benzene rings is 1. The summed E-state index contributed by atoms with van der Waals surface area (Å²) in [6.45, 7) is 3.46. The zero-order valence-corrected chi connectivity index (χ0v) is 11.6. The maximum atomic E-state index is 11.7. The van der Waals surface area contributed by atoms with Crippen molar-refractivity contribution >= 4 is 23.6 Å². The number of urea groups is 1. The third kappa shape index (κ3) is 5.61. The van der Waals surface area contributed by atoms with Crippen molar-refractivity contribution in [1.29, 1.82) is 0 Å². The van der Waals surface area contributed by atoms with Crippen LogP contribution in [-0.2, 0) is 4.79 Å². The molecule has 0 aliphatic rings. The SMILES string of the molecule is CC(CC(=O)O)NC(=O)NC(C)c1cccc(Cl)c1. The van der Waals surface area contributed by atoms with Crippen LogP contribution in [0.5, 0.6) is 0 Å². The number of carbonyl (C=O) groups excluding carboxylic acids is 1. The van der Waals surface area contributed by atoms with Crippen LogP contribution in [0.1, 0.15) is 31.9 Å². The lowest BCUT2D eigenvalue weighted by Gasteiger charge is -2.17. The average Bonchev–Trinajstić information content (AvgIpc) is 2.27. The molecule has 0 radical (unpaired) electrons. The first-order valence-electron chi connectivity index (χ1n) is 5.92. The Morgan fingerprint density at radius 3 is 2.58 bits per heavy atom. The molecule has 2 amide bonds. The maximum absolute atomic E-state index is 11.7. The summed E-state index contributed by atoms with van der Waals surface area (Å²) in [5.41, 5.74) is 0.883. The maximum Gasteiger partial charge on any atom is 0.315 e. The average molecular weight is 285 g/mol. The highest BCUT2D eigenvalue weighted by Crippen LogP contribution is 2.17. The minimum absolute atomic E-state index is 0.112. The second kappa shape index (κ2) is 6.99. The lowest BCUT2D eigenvalue weighted by molar-refractivity contribution is -0.137. The summed E-state index contributed by atoms with van der Waals surface area (Å²) in [6, 6.07) is 6.15. The van der Waals surface area contributed by atoms with Crippen LogP contribution in [0, 0.1) is 0 Å². The summed E-state index contributed by atoms with van der Waals surface area (Å²) < 4.78 is 0. The predicted octanol–water partition coefficient (Wildman–Crippen LogP) is 2.56. The van der Waals surface area contributed by atoms with Gasteiger partial charge in [0.25, 0.3) is 0 Å². The number of amides is 2. The van der Waals surface area contributed by atoms with Gasteiger partial charge in [-0.05, 0) is 31.5 Å². The topological polar surface area (TPSA) is 78.4 Å². The highest BCUT2D eigenvalue weighted by atomic mass is 35.5. The third-order valence-corrected chi connectivity index (χ3v) is 2.79. The van der Waals surface area contributed by atoms with Crippen molar-refractivity contribution < 1.29 is 14.7 Å². The van der Waals surface area contributed by atoms with Gasteiger partial charge in [0.1, 0.15) is 0 Å². The van der Waals surface area contributed by atoms with E-state index in [1.165, 1.54) is 0 Å². The van der Waals surface area contributed by atoms with Crippen molar-refractivity contribution in [2.75, 3.05) is 0 Å². The first-order chi connectivity index (χ1) is 8.88. The van der Waals surface area contributed by atoms with Gasteiger partial charge in [-0.25, -0.2) is 4.79 Å². The highest BCUT2D eigenvalue weighted by Gasteiger charge is 2.13. The number of aliphatic carboxylic acids is 1. The molecule has 0 spiro atoms. The van der Waals surface area contributed by atoms with Gasteiger partial charge in [-0.3, -0.25) is 4.79 Å². The van der Waals surface area contributed by atoms with Crippen molar-refractivity contribution in [1.82, 2.24) is 10.6 Å². The van der Waals surface area contributed by atoms with Crippen LogP contribution in [0.3, 0.4) is 0 Å². The Balaban J connectivity index is 2.50. The Morgan fingerprint density at radius 2 is 2.00 bits per heavy atom. The van der Waals surface area contributed by atoms with E-state index in [2.05, 4.69) is 10.6 Å². The van der Waals surface area contributed by atoms with Gasteiger partial charge in [0, 0.05) is 11.1 Å².